The van der Waals surface area contributed by atoms with Crippen LogP contribution in [0.1, 0.15) is 32.3 Å². The number of piperidine rings is 1. The molecule has 116 valence electrons. The molecule has 1 heterocycles. The van der Waals surface area contributed by atoms with E-state index in [4.69, 9.17) is 5.11 Å². The van der Waals surface area contributed by atoms with Crippen LogP contribution in [0, 0.1) is 11.7 Å². The van der Waals surface area contributed by atoms with Gasteiger partial charge in [-0.25, -0.2) is 4.39 Å². The number of carboxylic acid groups (broad SMARTS) is 1. The summed E-state index contributed by atoms with van der Waals surface area (Å²) in [6.45, 7) is 5.82. The minimum absolute atomic E-state index is 0.274. The van der Waals surface area contributed by atoms with Crippen LogP contribution in [0.15, 0.2) is 18.2 Å². The number of halogens is 1. The Hall–Kier alpha value is -1.62. The van der Waals surface area contributed by atoms with Gasteiger partial charge in [0.25, 0.3) is 0 Å². The van der Waals surface area contributed by atoms with Crippen molar-refractivity contribution >= 4 is 11.7 Å². The van der Waals surface area contributed by atoms with E-state index in [9.17, 15) is 9.18 Å². The Balaban J connectivity index is 2.07. The van der Waals surface area contributed by atoms with Crippen molar-refractivity contribution in [2.75, 3.05) is 18.0 Å². The van der Waals surface area contributed by atoms with Gasteiger partial charge in [0.1, 0.15) is 5.82 Å². The molecule has 1 aliphatic heterocycles. The van der Waals surface area contributed by atoms with Crippen molar-refractivity contribution in [1.82, 2.24) is 5.32 Å². The number of hydrogen-bond donors (Lipinski definition) is 2. The molecule has 0 bridgehead atoms. The standard InChI is InChI=1S/C16H23FN2O2/c1-11(2)18-9-12-5-6-15(14(17)8-12)19-7-3-4-13(10-19)16(20)21/h5-6,8,11,13,18H,3-4,7,9-10H2,1-2H3,(H,20,21). The zero-order valence-corrected chi connectivity index (χ0v) is 12.6. The highest BCUT2D eigenvalue weighted by Crippen LogP contribution is 2.26. The van der Waals surface area contributed by atoms with Crippen molar-refractivity contribution in [3.05, 3.63) is 29.6 Å². The molecule has 1 atom stereocenters. The van der Waals surface area contributed by atoms with Crippen LogP contribution in [0.2, 0.25) is 0 Å². The van der Waals surface area contributed by atoms with Gasteiger partial charge in [-0.05, 0) is 30.5 Å². The maximum absolute atomic E-state index is 14.3. The third kappa shape index (κ3) is 4.17. The molecule has 1 aromatic carbocycles. The predicted molar refractivity (Wildman–Crippen MR) is 80.9 cm³/mol. The van der Waals surface area contributed by atoms with E-state index in [2.05, 4.69) is 5.32 Å². The monoisotopic (exact) mass is 294 g/mol. The number of anilines is 1. The second-order valence-electron chi connectivity index (χ2n) is 5.94. The summed E-state index contributed by atoms with van der Waals surface area (Å²) in [6.07, 6.45) is 1.46. The highest BCUT2D eigenvalue weighted by Gasteiger charge is 2.26. The summed E-state index contributed by atoms with van der Waals surface area (Å²) >= 11 is 0. The van der Waals surface area contributed by atoms with Crippen molar-refractivity contribution in [2.24, 2.45) is 5.92 Å². The van der Waals surface area contributed by atoms with Crippen LogP contribution in [0.4, 0.5) is 10.1 Å². The largest absolute Gasteiger partial charge is 0.481 e. The van der Waals surface area contributed by atoms with Gasteiger partial charge in [-0.1, -0.05) is 19.9 Å². The molecule has 2 N–H and O–H groups in total. The lowest BCUT2D eigenvalue weighted by Crippen LogP contribution is -2.39. The first kappa shape index (κ1) is 15.8. The summed E-state index contributed by atoms with van der Waals surface area (Å²) in [4.78, 5) is 12.9. The predicted octanol–water partition coefficient (Wildman–Crippen LogP) is 2.62. The molecule has 0 aromatic heterocycles. The van der Waals surface area contributed by atoms with E-state index in [-0.39, 0.29) is 5.82 Å². The van der Waals surface area contributed by atoms with Crippen LogP contribution in [0.5, 0.6) is 0 Å². The fraction of sp³-hybridized carbons (Fsp3) is 0.562. The Morgan fingerprint density at radius 2 is 2.29 bits per heavy atom. The van der Waals surface area contributed by atoms with E-state index in [0.717, 1.165) is 12.0 Å². The lowest BCUT2D eigenvalue weighted by Gasteiger charge is -2.32. The molecule has 2 rings (SSSR count). The molecule has 5 heteroatoms. The second-order valence-corrected chi connectivity index (χ2v) is 5.94. The molecule has 1 aromatic rings. The summed E-state index contributed by atoms with van der Waals surface area (Å²) in [5.41, 5.74) is 1.41. The Bertz CT molecular complexity index is 505. The number of carboxylic acids is 1. The van der Waals surface area contributed by atoms with Crippen LogP contribution in [0.3, 0.4) is 0 Å². The molecule has 0 aliphatic carbocycles. The van der Waals surface area contributed by atoms with Crippen LogP contribution in [-0.2, 0) is 11.3 Å². The molecule has 1 fully saturated rings. The van der Waals surface area contributed by atoms with E-state index < -0.39 is 11.9 Å². The van der Waals surface area contributed by atoms with Gasteiger partial charge >= 0.3 is 5.97 Å². The molecule has 0 amide bonds. The normalized spacial score (nSPS) is 19.0. The maximum atomic E-state index is 14.3. The summed E-state index contributed by atoms with van der Waals surface area (Å²) < 4.78 is 14.3. The smallest absolute Gasteiger partial charge is 0.308 e. The molecule has 0 radical (unpaired) electrons. The molecule has 4 nitrogen and oxygen atoms in total. The molecular weight excluding hydrogens is 271 g/mol. The number of carbonyl (C=O) groups is 1. The average molecular weight is 294 g/mol. The number of nitrogens with one attached hydrogen (secondary N) is 1. The minimum Gasteiger partial charge on any atom is -0.481 e. The number of benzene rings is 1. The van der Waals surface area contributed by atoms with Gasteiger partial charge < -0.3 is 15.3 Å². The van der Waals surface area contributed by atoms with Gasteiger partial charge in [-0.2, -0.15) is 0 Å². The highest BCUT2D eigenvalue weighted by atomic mass is 19.1. The van der Waals surface area contributed by atoms with Gasteiger partial charge in [0, 0.05) is 25.7 Å². The topological polar surface area (TPSA) is 52.6 Å². The molecule has 0 saturated carbocycles. The lowest BCUT2D eigenvalue weighted by atomic mass is 9.97. The zero-order valence-electron chi connectivity index (χ0n) is 12.6. The zero-order chi connectivity index (χ0) is 15.4. The van der Waals surface area contributed by atoms with Crippen LogP contribution in [0.25, 0.3) is 0 Å². The number of hydrogen-bond acceptors (Lipinski definition) is 3. The van der Waals surface area contributed by atoms with Crippen molar-refractivity contribution in [3.8, 4) is 0 Å². The van der Waals surface area contributed by atoms with Crippen LogP contribution < -0.4 is 10.2 Å². The van der Waals surface area contributed by atoms with Crippen LogP contribution in [-0.4, -0.2) is 30.2 Å². The molecule has 1 unspecified atom stereocenters. The quantitative estimate of drug-likeness (QED) is 0.876. The first-order valence-corrected chi connectivity index (χ1v) is 7.47. The number of nitrogens with zero attached hydrogens (tertiary/aromatic N) is 1. The summed E-state index contributed by atoms with van der Waals surface area (Å²) in [5, 5.41) is 12.4. The van der Waals surface area contributed by atoms with Crippen molar-refractivity contribution in [1.29, 1.82) is 0 Å². The maximum Gasteiger partial charge on any atom is 0.308 e. The third-order valence-corrected chi connectivity index (χ3v) is 3.84. The molecule has 1 aliphatic rings. The Labute approximate surface area is 125 Å². The molecule has 21 heavy (non-hydrogen) atoms. The number of aliphatic carboxylic acids is 1. The van der Waals surface area contributed by atoms with Gasteiger partial charge in [-0.3, -0.25) is 4.79 Å². The average Bonchev–Trinajstić information content (AvgIpc) is 2.45. The second kappa shape index (κ2) is 6.89. The Morgan fingerprint density at radius 1 is 1.52 bits per heavy atom. The minimum atomic E-state index is -0.794. The first-order chi connectivity index (χ1) is 9.97. The molecule has 0 spiro atoms. The highest BCUT2D eigenvalue weighted by molar-refractivity contribution is 5.71. The van der Waals surface area contributed by atoms with Gasteiger partial charge in [0.05, 0.1) is 11.6 Å². The Kier molecular flexibility index (Phi) is 5.17. The van der Waals surface area contributed by atoms with Gasteiger partial charge in [-0.15, -0.1) is 0 Å². The fourth-order valence-corrected chi connectivity index (χ4v) is 2.64. The van der Waals surface area contributed by atoms with Crippen molar-refractivity contribution < 1.29 is 14.3 Å². The fourth-order valence-electron chi connectivity index (χ4n) is 2.64. The SMILES string of the molecule is CC(C)NCc1ccc(N2CCCC(C(=O)O)C2)c(F)c1. The third-order valence-electron chi connectivity index (χ3n) is 3.84. The van der Waals surface area contributed by atoms with Crippen molar-refractivity contribution in [3.63, 3.8) is 0 Å². The van der Waals surface area contributed by atoms with E-state index in [1.165, 1.54) is 6.07 Å². The van der Waals surface area contributed by atoms with Gasteiger partial charge in [0.2, 0.25) is 0 Å². The summed E-state index contributed by atoms with van der Waals surface area (Å²) in [5.74, 6) is -1.47. The van der Waals surface area contributed by atoms with E-state index >= 15 is 0 Å². The Morgan fingerprint density at radius 3 is 2.90 bits per heavy atom. The summed E-state index contributed by atoms with van der Waals surface area (Å²) in [7, 11) is 0. The van der Waals surface area contributed by atoms with E-state index in [1.807, 2.05) is 24.8 Å². The lowest BCUT2D eigenvalue weighted by molar-refractivity contribution is -0.141. The van der Waals surface area contributed by atoms with Gasteiger partial charge in [0.15, 0.2) is 0 Å². The first-order valence-electron chi connectivity index (χ1n) is 7.47. The van der Waals surface area contributed by atoms with Crippen LogP contribution >= 0.6 is 0 Å². The van der Waals surface area contributed by atoms with E-state index in [0.29, 0.717) is 37.8 Å². The number of rotatable bonds is 5. The van der Waals surface area contributed by atoms with Crippen molar-refractivity contribution in [2.45, 2.75) is 39.3 Å². The molecular formula is C16H23FN2O2. The van der Waals surface area contributed by atoms with E-state index in [1.54, 1.807) is 6.07 Å². The summed E-state index contributed by atoms with van der Waals surface area (Å²) in [6, 6.07) is 5.55. The molecule has 1 saturated heterocycles.